The normalized spacial score (nSPS) is 9.81. The molecule has 4 nitrogen and oxygen atoms in total. The monoisotopic (exact) mass is 301 g/mol. The lowest BCUT2D eigenvalue weighted by molar-refractivity contribution is 0.0951. The molecule has 1 heterocycles. The van der Waals surface area contributed by atoms with Crippen molar-refractivity contribution in [2.24, 2.45) is 0 Å². The Kier molecular flexibility index (Phi) is 4.99. The largest absolute Gasteiger partial charge is 0.508 e. The molecule has 108 valence electrons. The summed E-state index contributed by atoms with van der Waals surface area (Å²) < 4.78 is 0. The highest BCUT2D eigenvalue weighted by Gasteiger charge is 2.08. The van der Waals surface area contributed by atoms with E-state index in [2.05, 4.69) is 17.2 Å². The van der Waals surface area contributed by atoms with Crippen LogP contribution in [-0.2, 0) is 6.54 Å². The molecule has 2 rings (SSSR count). The van der Waals surface area contributed by atoms with Crippen LogP contribution in [0.1, 0.15) is 26.4 Å². The van der Waals surface area contributed by atoms with Gasteiger partial charge in [-0.25, -0.2) is 0 Å². The Labute approximate surface area is 127 Å². The molecule has 2 aromatic rings. The van der Waals surface area contributed by atoms with Crippen molar-refractivity contribution in [1.29, 1.82) is 0 Å². The van der Waals surface area contributed by atoms with Gasteiger partial charge >= 0.3 is 0 Å². The maximum atomic E-state index is 12.0. The first-order valence-corrected chi connectivity index (χ1v) is 7.23. The molecule has 0 fully saturated rings. The fourth-order valence-electron chi connectivity index (χ4n) is 1.70. The van der Waals surface area contributed by atoms with Crippen LogP contribution in [0.25, 0.3) is 0 Å². The first-order chi connectivity index (χ1) is 10.1. The molecule has 1 amide bonds. The summed E-state index contributed by atoms with van der Waals surface area (Å²) in [6, 6.07) is 6.71. The Balaban J connectivity index is 1.97. The van der Waals surface area contributed by atoms with Gasteiger partial charge in [0, 0.05) is 21.4 Å². The summed E-state index contributed by atoms with van der Waals surface area (Å²) in [5, 5.41) is 22.9. The molecule has 0 spiro atoms. The minimum Gasteiger partial charge on any atom is -0.508 e. The highest BCUT2D eigenvalue weighted by Crippen LogP contribution is 2.18. The Morgan fingerprint density at radius 3 is 2.90 bits per heavy atom. The summed E-state index contributed by atoms with van der Waals surface area (Å²) in [5.41, 5.74) is 1.98. The predicted molar refractivity (Wildman–Crippen MR) is 82.3 cm³/mol. The van der Waals surface area contributed by atoms with Gasteiger partial charge in [0.2, 0.25) is 0 Å². The molecule has 0 radical (unpaired) electrons. The molecule has 1 aromatic carbocycles. The third-order valence-electron chi connectivity index (χ3n) is 2.86. The van der Waals surface area contributed by atoms with Crippen LogP contribution in [0.4, 0.5) is 0 Å². The highest BCUT2D eigenvalue weighted by atomic mass is 32.1. The van der Waals surface area contributed by atoms with Crippen LogP contribution < -0.4 is 5.32 Å². The van der Waals surface area contributed by atoms with E-state index in [-0.39, 0.29) is 18.3 Å². The molecule has 21 heavy (non-hydrogen) atoms. The Hall–Kier alpha value is -2.29. The molecule has 0 saturated heterocycles. The molecule has 0 aliphatic rings. The summed E-state index contributed by atoms with van der Waals surface area (Å²) in [6.45, 7) is 2.01. The van der Waals surface area contributed by atoms with E-state index in [0.29, 0.717) is 12.1 Å². The third-order valence-corrected chi connectivity index (χ3v) is 3.80. The summed E-state index contributed by atoms with van der Waals surface area (Å²) >= 11 is 1.49. The van der Waals surface area contributed by atoms with Crippen LogP contribution in [0.2, 0.25) is 0 Å². The van der Waals surface area contributed by atoms with Crippen molar-refractivity contribution in [3.05, 3.63) is 51.2 Å². The van der Waals surface area contributed by atoms with E-state index >= 15 is 0 Å². The number of hydrogen-bond acceptors (Lipinski definition) is 4. The van der Waals surface area contributed by atoms with E-state index in [1.807, 2.05) is 11.4 Å². The minimum atomic E-state index is -0.235. The number of carbonyl (C=O) groups is 1. The van der Waals surface area contributed by atoms with Crippen molar-refractivity contribution < 1.29 is 15.0 Å². The van der Waals surface area contributed by atoms with Gasteiger partial charge in [-0.1, -0.05) is 17.9 Å². The molecule has 0 aliphatic heterocycles. The third kappa shape index (κ3) is 4.09. The topological polar surface area (TPSA) is 69.6 Å². The molecule has 0 saturated carbocycles. The number of nitrogens with one attached hydrogen (secondary N) is 1. The number of phenolic OH excluding ortho intramolecular Hbond substituents is 1. The van der Waals surface area contributed by atoms with Gasteiger partial charge in [-0.15, -0.1) is 11.3 Å². The van der Waals surface area contributed by atoms with Crippen molar-refractivity contribution in [2.45, 2.75) is 13.5 Å². The van der Waals surface area contributed by atoms with Gasteiger partial charge < -0.3 is 15.5 Å². The molecule has 0 unspecified atom stereocenters. The number of hydrogen-bond donors (Lipinski definition) is 3. The van der Waals surface area contributed by atoms with Crippen molar-refractivity contribution in [1.82, 2.24) is 5.32 Å². The van der Waals surface area contributed by atoms with Crippen molar-refractivity contribution in [3.63, 3.8) is 0 Å². The maximum Gasteiger partial charge on any atom is 0.251 e. The van der Waals surface area contributed by atoms with Gasteiger partial charge in [-0.05, 0) is 30.7 Å². The number of benzene rings is 1. The Morgan fingerprint density at radius 2 is 2.19 bits per heavy atom. The molecule has 5 heteroatoms. The number of carbonyl (C=O) groups excluding carboxylic acids is 1. The Morgan fingerprint density at radius 1 is 1.38 bits per heavy atom. The van der Waals surface area contributed by atoms with E-state index in [1.54, 1.807) is 19.1 Å². The zero-order valence-electron chi connectivity index (χ0n) is 11.5. The lowest BCUT2D eigenvalue weighted by atomic mass is 10.1. The lowest BCUT2D eigenvalue weighted by Gasteiger charge is -2.05. The van der Waals surface area contributed by atoms with Gasteiger partial charge in [0.15, 0.2) is 0 Å². The molecular weight excluding hydrogens is 286 g/mol. The van der Waals surface area contributed by atoms with Crippen LogP contribution in [0.5, 0.6) is 5.75 Å². The predicted octanol–water partition coefficient (Wildman–Crippen LogP) is 2.04. The van der Waals surface area contributed by atoms with E-state index < -0.39 is 0 Å². The van der Waals surface area contributed by atoms with Gasteiger partial charge in [-0.3, -0.25) is 4.79 Å². The standard InChI is InChI=1S/C16H15NO3S/c1-11-4-5-13(8-15(11)19)16(20)17-9-14-7-12(10-21-14)3-2-6-18/h4-5,7-8,10,18-19H,6,9H2,1H3,(H,17,20). The first-order valence-electron chi connectivity index (χ1n) is 6.35. The van der Waals surface area contributed by atoms with Crippen LogP contribution in [0.3, 0.4) is 0 Å². The highest BCUT2D eigenvalue weighted by molar-refractivity contribution is 7.10. The zero-order chi connectivity index (χ0) is 15.2. The van der Waals surface area contributed by atoms with Crippen molar-refractivity contribution >= 4 is 17.2 Å². The first kappa shape index (κ1) is 15.1. The van der Waals surface area contributed by atoms with E-state index in [1.165, 1.54) is 17.4 Å². The average molecular weight is 301 g/mol. The fourth-order valence-corrected chi connectivity index (χ4v) is 2.46. The maximum absolute atomic E-state index is 12.0. The molecule has 3 N–H and O–H groups in total. The van der Waals surface area contributed by atoms with Crippen LogP contribution in [-0.4, -0.2) is 22.7 Å². The second-order valence-electron chi connectivity index (χ2n) is 4.45. The molecular formula is C16H15NO3S. The summed E-state index contributed by atoms with van der Waals surface area (Å²) in [5.74, 6) is 5.27. The van der Waals surface area contributed by atoms with Gasteiger partial charge in [0.05, 0.1) is 6.54 Å². The van der Waals surface area contributed by atoms with E-state index in [9.17, 15) is 9.90 Å². The van der Waals surface area contributed by atoms with Gasteiger partial charge in [-0.2, -0.15) is 0 Å². The smallest absolute Gasteiger partial charge is 0.251 e. The lowest BCUT2D eigenvalue weighted by Crippen LogP contribution is -2.22. The number of rotatable bonds is 3. The van der Waals surface area contributed by atoms with Crippen molar-refractivity contribution in [3.8, 4) is 17.6 Å². The number of thiophene rings is 1. The second-order valence-corrected chi connectivity index (χ2v) is 5.44. The molecule has 0 aliphatic carbocycles. The van der Waals surface area contributed by atoms with Crippen LogP contribution in [0, 0.1) is 18.8 Å². The SMILES string of the molecule is Cc1ccc(C(=O)NCc2cc(C#CCO)cs2)cc1O. The van der Waals surface area contributed by atoms with E-state index in [0.717, 1.165) is 16.0 Å². The summed E-state index contributed by atoms with van der Waals surface area (Å²) in [4.78, 5) is 13.0. The van der Waals surface area contributed by atoms with E-state index in [4.69, 9.17) is 5.11 Å². The second kappa shape index (κ2) is 6.93. The molecule has 0 bridgehead atoms. The number of amides is 1. The zero-order valence-corrected chi connectivity index (χ0v) is 12.3. The minimum absolute atomic E-state index is 0.111. The quantitative estimate of drug-likeness (QED) is 0.760. The fraction of sp³-hybridized carbons (Fsp3) is 0.188. The van der Waals surface area contributed by atoms with Gasteiger partial charge in [0.1, 0.15) is 12.4 Å². The number of phenols is 1. The van der Waals surface area contributed by atoms with Crippen LogP contribution in [0.15, 0.2) is 29.6 Å². The number of aliphatic hydroxyl groups is 1. The summed E-state index contributed by atoms with van der Waals surface area (Å²) in [7, 11) is 0. The number of aromatic hydroxyl groups is 1. The van der Waals surface area contributed by atoms with Crippen molar-refractivity contribution in [2.75, 3.05) is 6.61 Å². The van der Waals surface area contributed by atoms with Gasteiger partial charge in [0.25, 0.3) is 5.91 Å². The average Bonchev–Trinajstić information content (AvgIpc) is 2.93. The molecule has 1 aromatic heterocycles. The summed E-state index contributed by atoms with van der Waals surface area (Å²) in [6.07, 6.45) is 0. The number of aryl methyl sites for hydroxylation is 1. The molecule has 0 atom stereocenters. The Bertz CT molecular complexity index is 710. The van der Waals surface area contributed by atoms with Crippen LogP contribution >= 0.6 is 11.3 Å². The number of aliphatic hydroxyl groups excluding tert-OH is 1.